The molecule has 0 atom stereocenters. The second-order valence-electron chi connectivity index (χ2n) is 5.66. The Morgan fingerprint density at radius 2 is 1.75 bits per heavy atom. The molecule has 0 amide bonds. The van der Waals surface area contributed by atoms with Gasteiger partial charge >= 0.3 is 5.97 Å². The van der Waals surface area contributed by atoms with E-state index in [-0.39, 0.29) is 0 Å². The van der Waals surface area contributed by atoms with Crippen LogP contribution in [0, 0.1) is 11.3 Å². The minimum atomic E-state index is -1.31. The SMILES string of the molecule is CC(C)(Oc1ccc(C=C(C#N)c2ccc(Cl)cc2)cc1)C(=O)O. The molecule has 0 radical (unpaired) electrons. The topological polar surface area (TPSA) is 70.3 Å². The second kappa shape index (κ2) is 7.20. The Balaban J connectivity index is 2.22. The van der Waals surface area contributed by atoms with Crippen molar-refractivity contribution >= 4 is 29.2 Å². The highest BCUT2D eigenvalue weighted by atomic mass is 35.5. The van der Waals surface area contributed by atoms with Gasteiger partial charge in [0.2, 0.25) is 0 Å². The van der Waals surface area contributed by atoms with Crippen LogP contribution in [0.4, 0.5) is 0 Å². The standard InChI is InChI=1S/C19H16ClNO3/c1-19(2,18(22)23)24-17-9-3-13(4-10-17)11-15(12-21)14-5-7-16(20)8-6-14/h3-11H,1-2H3,(H,22,23). The molecule has 0 aromatic heterocycles. The van der Waals surface area contributed by atoms with Crippen LogP contribution in [0.5, 0.6) is 5.75 Å². The lowest BCUT2D eigenvalue weighted by molar-refractivity contribution is -0.152. The predicted octanol–water partition coefficient (Wildman–Crippen LogP) is 4.65. The van der Waals surface area contributed by atoms with Gasteiger partial charge in [0.15, 0.2) is 5.60 Å². The summed E-state index contributed by atoms with van der Waals surface area (Å²) in [6.45, 7) is 2.97. The molecule has 0 saturated heterocycles. The van der Waals surface area contributed by atoms with Gasteiger partial charge in [0, 0.05) is 5.02 Å². The van der Waals surface area contributed by atoms with Crippen molar-refractivity contribution in [2.24, 2.45) is 0 Å². The van der Waals surface area contributed by atoms with Crippen LogP contribution in [0.15, 0.2) is 48.5 Å². The van der Waals surface area contributed by atoms with E-state index in [1.54, 1.807) is 54.6 Å². The molecule has 0 aliphatic carbocycles. The quantitative estimate of drug-likeness (QED) is 0.635. The fourth-order valence-electron chi connectivity index (χ4n) is 1.95. The Labute approximate surface area is 145 Å². The smallest absolute Gasteiger partial charge is 0.347 e. The number of ether oxygens (including phenoxy) is 1. The number of carboxylic acid groups (broad SMARTS) is 1. The molecule has 0 spiro atoms. The first-order chi connectivity index (χ1) is 11.3. The van der Waals surface area contributed by atoms with Crippen molar-refractivity contribution in [3.63, 3.8) is 0 Å². The first-order valence-corrected chi connectivity index (χ1v) is 7.60. The molecule has 2 aromatic carbocycles. The third-order valence-electron chi connectivity index (χ3n) is 3.35. The molecule has 0 unspecified atom stereocenters. The summed E-state index contributed by atoms with van der Waals surface area (Å²) in [6, 6.07) is 16.1. The molecule has 0 heterocycles. The number of nitrogens with zero attached hydrogens (tertiary/aromatic N) is 1. The summed E-state index contributed by atoms with van der Waals surface area (Å²) < 4.78 is 5.45. The Kier molecular flexibility index (Phi) is 5.28. The normalized spacial score (nSPS) is 11.7. The van der Waals surface area contributed by atoms with E-state index in [0.717, 1.165) is 11.1 Å². The number of hydrogen-bond donors (Lipinski definition) is 1. The largest absolute Gasteiger partial charge is 0.478 e. The van der Waals surface area contributed by atoms with Crippen LogP contribution in [-0.2, 0) is 4.79 Å². The molecule has 4 nitrogen and oxygen atoms in total. The Bertz CT molecular complexity index is 800. The average Bonchev–Trinajstić information content (AvgIpc) is 2.54. The number of hydrogen-bond acceptors (Lipinski definition) is 3. The van der Waals surface area contributed by atoms with Gasteiger partial charge in [0.25, 0.3) is 0 Å². The number of nitriles is 1. The summed E-state index contributed by atoms with van der Waals surface area (Å²) in [6.07, 6.45) is 1.75. The highest BCUT2D eigenvalue weighted by Crippen LogP contribution is 2.23. The van der Waals surface area contributed by atoms with Gasteiger partial charge in [-0.05, 0) is 55.3 Å². The number of aliphatic carboxylic acids is 1. The molecule has 2 aromatic rings. The monoisotopic (exact) mass is 341 g/mol. The molecule has 0 aliphatic heterocycles. The number of halogens is 1. The van der Waals surface area contributed by atoms with E-state index < -0.39 is 11.6 Å². The van der Waals surface area contributed by atoms with E-state index in [9.17, 15) is 10.1 Å². The molecule has 24 heavy (non-hydrogen) atoms. The van der Waals surface area contributed by atoms with Crippen molar-refractivity contribution in [1.82, 2.24) is 0 Å². The van der Waals surface area contributed by atoms with Crippen molar-refractivity contribution < 1.29 is 14.6 Å². The van der Waals surface area contributed by atoms with Gasteiger partial charge in [0.1, 0.15) is 5.75 Å². The summed E-state index contributed by atoms with van der Waals surface area (Å²) in [7, 11) is 0. The Hall–Kier alpha value is -2.77. The average molecular weight is 342 g/mol. The minimum absolute atomic E-state index is 0.449. The lowest BCUT2D eigenvalue weighted by Gasteiger charge is -2.21. The van der Waals surface area contributed by atoms with Gasteiger partial charge in [-0.15, -0.1) is 0 Å². The van der Waals surface area contributed by atoms with E-state index in [4.69, 9.17) is 21.4 Å². The predicted molar refractivity (Wildman–Crippen MR) is 93.7 cm³/mol. The maximum atomic E-state index is 11.1. The van der Waals surface area contributed by atoms with Crippen LogP contribution in [0.25, 0.3) is 11.6 Å². The van der Waals surface area contributed by atoms with E-state index in [0.29, 0.717) is 16.3 Å². The first kappa shape index (κ1) is 17.6. The minimum Gasteiger partial charge on any atom is -0.478 e. The van der Waals surface area contributed by atoms with Crippen molar-refractivity contribution in [3.8, 4) is 11.8 Å². The molecule has 0 bridgehead atoms. The van der Waals surface area contributed by atoms with Crippen LogP contribution in [0.2, 0.25) is 5.02 Å². The summed E-state index contributed by atoms with van der Waals surface area (Å²) in [5.74, 6) is -0.592. The van der Waals surface area contributed by atoms with Crippen molar-refractivity contribution in [1.29, 1.82) is 5.26 Å². The second-order valence-corrected chi connectivity index (χ2v) is 6.10. The molecule has 122 valence electrons. The van der Waals surface area contributed by atoms with Crippen LogP contribution >= 0.6 is 11.6 Å². The third-order valence-corrected chi connectivity index (χ3v) is 3.61. The number of carboxylic acids is 1. The van der Waals surface area contributed by atoms with Crippen LogP contribution in [-0.4, -0.2) is 16.7 Å². The van der Waals surface area contributed by atoms with Gasteiger partial charge in [-0.25, -0.2) is 4.79 Å². The molecule has 1 N–H and O–H groups in total. The van der Waals surface area contributed by atoms with E-state index in [2.05, 4.69) is 6.07 Å². The van der Waals surface area contributed by atoms with E-state index in [1.165, 1.54) is 13.8 Å². The van der Waals surface area contributed by atoms with Crippen molar-refractivity contribution in [2.45, 2.75) is 19.4 Å². The third kappa shape index (κ3) is 4.37. The first-order valence-electron chi connectivity index (χ1n) is 7.22. The van der Waals surface area contributed by atoms with E-state index in [1.807, 2.05) is 0 Å². The summed E-state index contributed by atoms with van der Waals surface area (Å²) in [5.41, 5.74) is 0.779. The zero-order valence-electron chi connectivity index (χ0n) is 13.3. The lowest BCUT2D eigenvalue weighted by Crippen LogP contribution is -2.37. The molecule has 0 aliphatic rings. The molecule has 0 fully saturated rings. The van der Waals surface area contributed by atoms with Gasteiger partial charge in [-0.2, -0.15) is 5.26 Å². The fourth-order valence-corrected chi connectivity index (χ4v) is 2.07. The van der Waals surface area contributed by atoms with Crippen LogP contribution < -0.4 is 4.74 Å². The Morgan fingerprint density at radius 1 is 1.17 bits per heavy atom. The zero-order valence-corrected chi connectivity index (χ0v) is 14.0. The molecular formula is C19H16ClNO3. The van der Waals surface area contributed by atoms with Crippen molar-refractivity contribution in [3.05, 3.63) is 64.7 Å². The maximum absolute atomic E-state index is 11.1. The lowest BCUT2D eigenvalue weighted by atomic mass is 10.0. The Morgan fingerprint density at radius 3 is 2.25 bits per heavy atom. The van der Waals surface area contributed by atoms with Crippen LogP contribution in [0.1, 0.15) is 25.0 Å². The van der Waals surface area contributed by atoms with Gasteiger partial charge < -0.3 is 9.84 Å². The maximum Gasteiger partial charge on any atom is 0.347 e. The zero-order chi connectivity index (χ0) is 17.7. The van der Waals surface area contributed by atoms with Gasteiger partial charge in [0.05, 0.1) is 11.6 Å². The summed E-state index contributed by atoms with van der Waals surface area (Å²) in [4.78, 5) is 11.1. The van der Waals surface area contributed by atoms with Gasteiger partial charge in [-0.3, -0.25) is 0 Å². The molecule has 0 saturated carbocycles. The van der Waals surface area contributed by atoms with Gasteiger partial charge in [-0.1, -0.05) is 35.9 Å². The number of carbonyl (C=O) groups is 1. The highest BCUT2D eigenvalue weighted by molar-refractivity contribution is 6.30. The number of allylic oxidation sites excluding steroid dienone is 1. The number of rotatable bonds is 5. The molecular weight excluding hydrogens is 326 g/mol. The molecule has 2 rings (SSSR count). The van der Waals surface area contributed by atoms with E-state index >= 15 is 0 Å². The number of benzene rings is 2. The van der Waals surface area contributed by atoms with Crippen LogP contribution in [0.3, 0.4) is 0 Å². The summed E-state index contributed by atoms with van der Waals surface area (Å²) in [5, 5.41) is 19.0. The molecule has 5 heteroatoms. The fraction of sp³-hybridized carbons (Fsp3) is 0.158. The van der Waals surface area contributed by atoms with Crippen molar-refractivity contribution in [2.75, 3.05) is 0 Å². The highest BCUT2D eigenvalue weighted by Gasteiger charge is 2.29. The summed E-state index contributed by atoms with van der Waals surface area (Å²) >= 11 is 5.85.